The van der Waals surface area contributed by atoms with Crippen molar-refractivity contribution < 1.29 is 27.4 Å². The number of benzene rings is 2. The van der Waals surface area contributed by atoms with Crippen molar-refractivity contribution in [3.8, 4) is 18.1 Å². The van der Waals surface area contributed by atoms with E-state index in [1.807, 2.05) is 0 Å². The molecular formula is C26H18ClF3N2O4S. The highest BCUT2D eigenvalue weighted by Gasteiger charge is 2.45. The molecule has 1 aromatic heterocycles. The van der Waals surface area contributed by atoms with Crippen LogP contribution in [0.5, 0.6) is 5.75 Å². The Morgan fingerprint density at radius 1 is 1.24 bits per heavy atom. The van der Waals surface area contributed by atoms with E-state index >= 15 is 0 Å². The van der Waals surface area contributed by atoms with Crippen LogP contribution in [0.1, 0.15) is 24.1 Å². The number of thiazole rings is 1. The molecule has 0 amide bonds. The summed E-state index contributed by atoms with van der Waals surface area (Å²) in [6.07, 6.45) is 1.76. The van der Waals surface area contributed by atoms with Gasteiger partial charge in [0.2, 0.25) is 0 Å². The fourth-order valence-corrected chi connectivity index (χ4v) is 4.91. The van der Waals surface area contributed by atoms with Crippen LogP contribution in [0.3, 0.4) is 0 Å². The Balaban J connectivity index is 2.02. The molecule has 2 heterocycles. The van der Waals surface area contributed by atoms with Crippen LogP contribution in [0.25, 0.3) is 6.08 Å². The minimum Gasteiger partial charge on any atom is -0.480 e. The van der Waals surface area contributed by atoms with Crippen molar-refractivity contribution in [1.82, 2.24) is 4.57 Å². The van der Waals surface area contributed by atoms with E-state index in [-0.39, 0.29) is 28.1 Å². The molecule has 3 aromatic rings. The van der Waals surface area contributed by atoms with Gasteiger partial charge in [0.1, 0.15) is 12.4 Å². The molecule has 0 aliphatic carbocycles. The highest BCUT2D eigenvalue weighted by Crippen LogP contribution is 2.38. The number of carbonyl (C=O) groups is 1. The van der Waals surface area contributed by atoms with Gasteiger partial charge in [0, 0.05) is 10.6 Å². The summed E-state index contributed by atoms with van der Waals surface area (Å²) in [5.74, 6) is 1.52. The molecule has 1 aliphatic rings. The predicted molar refractivity (Wildman–Crippen MR) is 133 cm³/mol. The maximum Gasteiger partial charge on any atom is 0.434 e. The van der Waals surface area contributed by atoms with Crippen LogP contribution in [0.15, 0.2) is 69.6 Å². The van der Waals surface area contributed by atoms with Crippen LogP contribution in [-0.4, -0.2) is 29.9 Å². The molecule has 11 heteroatoms. The van der Waals surface area contributed by atoms with Crippen LogP contribution in [0.4, 0.5) is 13.2 Å². The lowest BCUT2D eigenvalue weighted by Gasteiger charge is -2.26. The van der Waals surface area contributed by atoms with Crippen molar-refractivity contribution in [2.45, 2.75) is 19.1 Å². The number of hydrogen-bond acceptors (Lipinski definition) is 6. The van der Waals surface area contributed by atoms with E-state index in [0.29, 0.717) is 16.3 Å². The van der Waals surface area contributed by atoms with Gasteiger partial charge >= 0.3 is 12.1 Å². The Hall–Kier alpha value is -3.81. The van der Waals surface area contributed by atoms with E-state index < -0.39 is 35.0 Å². The van der Waals surface area contributed by atoms with E-state index in [0.717, 1.165) is 15.9 Å². The van der Waals surface area contributed by atoms with Gasteiger partial charge in [-0.25, -0.2) is 9.79 Å². The normalized spacial score (nSPS) is 15.6. The quantitative estimate of drug-likeness (QED) is 0.346. The van der Waals surface area contributed by atoms with E-state index in [1.54, 1.807) is 24.3 Å². The van der Waals surface area contributed by atoms with Crippen LogP contribution in [0.2, 0.25) is 5.02 Å². The summed E-state index contributed by atoms with van der Waals surface area (Å²) in [4.78, 5) is 30.0. The molecule has 0 fully saturated rings. The highest BCUT2D eigenvalue weighted by molar-refractivity contribution is 7.07. The number of hydrogen-bond donors (Lipinski definition) is 0. The van der Waals surface area contributed by atoms with E-state index in [1.165, 1.54) is 37.3 Å². The summed E-state index contributed by atoms with van der Waals surface area (Å²) in [5, 5.41) is 0.331. The molecule has 0 bridgehead atoms. The van der Waals surface area contributed by atoms with Crippen molar-refractivity contribution in [3.05, 3.63) is 95.6 Å². The van der Waals surface area contributed by atoms with E-state index in [2.05, 4.69) is 10.9 Å². The third-order valence-electron chi connectivity index (χ3n) is 5.30. The molecule has 0 radical (unpaired) electrons. The first-order valence-electron chi connectivity index (χ1n) is 10.9. The van der Waals surface area contributed by atoms with Crippen molar-refractivity contribution in [2.75, 3.05) is 13.2 Å². The van der Waals surface area contributed by atoms with Crippen molar-refractivity contribution >= 4 is 35.0 Å². The second-order valence-electron chi connectivity index (χ2n) is 7.65. The number of nitrogens with zero attached hydrogens (tertiary/aromatic N) is 2. The lowest BCUT2D eigenvalue weighted by molar-refractivity contribution is -0.140. The van der Waals surface area contributed by atoms with Crippen LogP contribution < -0.4 is 19.6 Å². The maximum absolute atomic E-state index is 14.2. The van der Waals surface area contributed by atoms with Crippen molar-refractivity contribution in [1.29, 1.82) is 0 Å². The fraction of sp³-hybridized carbons (Fsp3) is 0.192. The Bertz CT molecular complexity index is 1600. The van der Waals surface area contributed by atoms with Gasteiger partial charge < -0.3 is 9.47 Å². The number of aromatic nitrogens is 1. The number of allylic oxidation sites excluding steroid dienone is 1. The average Bonchev–Trinajstić information content (AvgIpc) is 3.17. The number of carbonyl (C=O) groups excluding carboxylic acids is 1. The molecule has 190 valence electrons. The first kappa shape index (κ1) is 26.3. The van der Waals surface area contributed by atoms with E-state index in [9.17, 15) is 22.8 Å². The molecule has 0 saturated heterocycles. The molecule has 37 heavy (non-hydrogen) atoms. The Morgan fingerprint density at radius 3 is 2.59 bits per heavy atom. The monoisotopic (exact) mass is 546 g/mol. The Morgan fingerprint density at radius 2 is 1.95 bits per heavy atom. The maximum atomic E-state index is 14.2. The molecule has 2 aromatic carbocycles. The van der Waals surface area contributed by atoms with Gasteiger partial charge in [0.25, 0.3) is 5.56 Å². The molecule has 1 atom stereocenters. The predicted octanol–water partition coefficient (Wildman–Crippen LogP) is 4.01. The van der Waals surface area contributed by atoms with Gasteiger partial charge in [-0.3, -0.25) is 9.36 Å². The number of terminal acetylenes is 1. The minimum absolute atomic E-state index is 0.0134. The number of halogens is 4. The zero-order valence-electron chi connectivity index (χ0n) is 19.2. The summed E-state index contributed by atoms with van der Waals surface area (Å²) in [5.41, 5.74) is -2.12. The molecule has 6 nitrogen and oxygen atoms in total. The smallest absolute Gasteiger partial charge is 0.434 e. The number of rotatable bonds is 6. The van der Waals surface area contributed by atoms with Crippen LogP contribution >= 0.6 is 22.9 Å². The zero-order valence-corrected chi connectivity index (χ0v) is 20.8. The second-order valence-corrected chi connectivity index (χ2v) is 9.09. The molecule has 0 saturated carbocycles. The van der Waals surface area contributed by atoms with Gasteiger partial charge in [0.15, 0.2) is 10.5 Å². The van der Waals surface area contributed by atoms with Crippen LogP contribution in [-0.2, 0) is 9.53 Å². The summed E-state index contributed by atoms with van der Waals surface area (Å²) in [7, 11) is 0. The average molecular weight is 547 g/mol. The van der Waals surface area contributed by atoms with Gasteiger partial charge in [-0.05, 0) is 36.8 Å². The molecule has 0 spiro atoms. The molecule has 4 rings (SSSR count). The number of ether oxygens (including phenoxy) is 2. The topological polar surface area (TPSA) is 69.9 Å². The number of alkyl halides is 3. The summed E-state index contributed by atoms with van der Waals surface area (Å²) >= 11 is 6.74. The lowest BCUT2D eigenvalue weighted by Crippen LogP contribution is -2.41. The molecular weight excluding hydrogens is 529 g/mol. The third-order valence-corrected chi connectivity index (χ3v) is 6.53. The first-order valence-corrected chi connectivity index (χ1v) is 12.1. The summed E-state index contributed by atoms with van der Waals surface area (Å²) in [6.45, 7) is 1.29. The second kappa shape index (κ2) is 10.7. The van der Waals surface area contributed by atoms with E-state index in [4.69, 9.17) is 27.5 Å². The number of fused-ring (bicyclic) bond motifs is 1. The van der Waals surface area contributed by atoms with Gasteiger partial charge in [-0.1, -0.05) is 59.2 Å². The molecule has 1 aliphatic heterocycles. The Kier molecular flexibility index (Phi) is 7.57. The van der Waals surface area contributed by atoms with Crippen LogP contribution in [0, 0.1) is 12.3 Å². The Labute approximate surface area is 217 Å². The zero-order chi connectivity index (χ0) is 26.7. The largest absolute Gasteiger partial charge is 0.480 e. The lowest BCUT2D eigenvalue weighted by atomic mass is 9.95. The molecule has 0 N–H and O–H groups in total. The molecule has 0 unspecified atom stereocenters. The van der Waals surface area contributed by atoms with Gasteiger partial charge in [-0.2, -0.15) is 13.2 Å². The number of para-hydroxylation sites is 1. The number of esters is 1. The standard InChI is InChI=1S/C26H18ClF3N2O4S/c1-3-13-36-18-8-6-5-7-16(18)14-19-23(33)32-21(15-9-11-17(27)12-10-15)20(24(34)35-4-2)22(26(28,29)30)31-25(32)37-19/h1,5-12,14,21H,4,13H2,2H3/b19-14-/t21-/m0/s1. The summed E-state index contributed by atoms with van der Waals surface area (Å²) < 4.78 is 54.1. The minimum atomic E-state index is -4.99. The fourth-order valence-electron chi connectivity index (χ4n) is 3.79. The first-order chi connectivity index (χ1) is 17.7. The van der Waals surface area contributed by atoms with Gasteiger partial charge in [0.05, 0.1) is 22.8 Å². The highest BCUT2D eigenvalue weighted by atomic mass is 35.5. The third kappa shape index (κ3) is 5.33. The van der Waals surface area contributed by atoms with Crippen molar-refractivity contribution in [3.63, 3.8) is 0 Å². The summed E-state index contributed by atoms with van der Waals surface area (Å²) in [6, 6.07) is 11.1. The SMILES string of the molecule is C#CCOc1ccccc1/C=c1\sc2n(c1=O)[C@@H](c1ccc(Cl)cc1)C(C(=O)OCC)=C(C(F)(F)F)N=2. The van der Waals surface area contributed by atoms with Crippen molar-refractivity contribution in [2.24, 2.45) is 4.99 Å². The van der Waals surface area contributed by atoms with Gasteiger partial charge in [-0.15, -0.1) is 6.42 Å².